The van der Waals surface area contributed by atoms with E-state index in [-0.39, 0.29) is 17.2 Å². The van der Waals surface area contributed by atoms with E-state index >= 15 is 0 Å². The minimum absolute atomic E-state index is 0.0170. The summed E-state index contributed by atoms with van der Waals surface area (Å²) in [6.07, 6.45) is 3.08. The van der Waals surface area contributed by atoms with Gasteiger partial charge in [-0.25, -0.2) is 4.98 Å². The maximum absolute atomic E-state index is 13.0. The Kier molecular flexibility index (Phi) is 6.15. The fourth-order valence-electron chi connectivity index (χ4n) is 3.75. The molecule has 0 aliphatic heterocycles. The number of rotatable bonds is 6. The van der Waals surface area contributed by atoms with Gasteiger partial charge in [0.2, 0.25) is 5.91 Å². The lowest BCUT2D eigenvalue weighted by Crippen LogP contribution is -2.22. The van der Waals surface area contributed by atoms with Crippen LogP contribution in [0, 0.1) is 5.92 Å². The largest absolute Gasteiger partial charge is 0.492 e. The van der Waals surface area contributed by atoms with Crippen LogP contribution < -0.4 is 15.6 Å². The minimum atomic E-state index is -0.166. The van der Waals surface area contributed by atoms with Crippen LogP contribution in [0.25, 0.3) is 10.2 Å². The van der Waals surface area contributed by atoms with Crippen molar-refractivity contribution in [2.45, 2.75) is 38.3 Å². The average Bonchev–Trinajstić information content (AvgIpc) is 3.08. The third-order valence-corrected chi connectivity index (χ3v) is 7.47. The van der Waals surface area contributed by atoms with Gasteiger partial charge in [0, 0.05) is 11.9 Å². The van der Waals surface area contributed by atoms with E-state index in [1.807, 2.05) is 31.2 Å². The van der Waals surface area contributed by atoms with E-state index in [2.05, 4.69) is 12.2 Å². The lowest BCUT2D eigenvalue weighted by Gasteiger charge is -2.17. The molecule has 1 atom stereocenters. The topological polar surface area (TPSA) is 73.2 Å². The van der Waals surface area contributed by atoms with Gasteiger partial charge >= 0.3 is 0 Å². The highest BCUT2D eigenvalue weighted by Gasteiger charge is 2.24. The summed E-state index contributed by atoms with van der Waals surface area (Å²) < 4.78 is 7.12. The molecule has 6 nitrogen and oxygen atoms in total. The first-order chi connectivity index (χ1) is 14.5. The number of benzene rings is 1. The van der Waals surface area contributed by atoms with E-state index in [0.29, 0.717) is 29.1 Å². The molecule has 1 aliphatic carbocycles. The van der Waals surface area contributed by atoms with Crippen LogP contribution in [0.2, 0.25) is 0 Å². The van der Waals surface area contributed by atoms with E-state index in [4.69, 9.17) is 9.72 Å². The van der Waals surface area contributed by atoms with Crippen LogP contribution in [-0.4, -0.2) is 27.8 Å². The van der Waals surface area contributed by atoms with Crippen molar-refractivity contribution in [3.05, 3.63) is 45.1 Å². The zero-order chi connectivity index (χ0) is 21.3. The van der Waals surface area contributed by atoms with Crippen molar-refractivity contribution in [3.8, 4) is 5.75 Å². The summed E-state index contributed by atoms with van der Waals surface area (Å²) in [4.78, 5) is 32.3. The third kappa shape index (κ3) is 4.11. The Hall–Kier alpha value is -2.32. The molecule has 30 heavy (non-hydrogen) atoms. The molecular weight excluding hydrogens is 418 g/mol. The molecule has 8 heteroatoms. The van der Waals surface area contributed by atoms with Crippen LogP contribution in [-0.2, 0) is 24.7 Å². The van der Waals surface area contributed by atoms with Crippen LogP contribution in [0.5, 0.6) is 5.75 Å². The number of para-hydroxylation sites is 2. The first kappa shape index (κ1) is 20.9. The lowest BCUT2D eigenvalue weighted by molar-refractivity contribution is -0.113. The van der Waals surface area contributed by atoms with Gasteiger partial charge in [0.15, 0.2) is 5.16 Å². The van der Waals surface area contributed by atoms with Crippen molar-refractivity contribution in [1.29, 1.82) is 0 Å². The van der Waals surface area contributed by atoms with Crippen molar-refractivity contribution in [1.82, 2.24) is 9.55 Å². The van der Waals surface area contributed by atoms with Gasteiger partial charge in [0.25, 0.3) is 5.56 Å². The normalized spacial score (nSPS) is 15.8. The highest BCUT2D eigenvalue weighted by molar-refractivity contribution is 7.99. The number of thiophene rings is 1. The van der Waals surface area contributed by atoms with Gasteiger partial charge in [-0.05, 0) is 49.8 Å². The molecule has 1 aromatic carbocycles. The molecule has 1 unspecified atom stereocenters. The van der Waals surface area contributed by atoms with E-state index in [9.17, 15) is 9.59 Å². The van der Waals surface area contributed by atoms with E-state index in [0.717, 1.165) is 29.5 Å². The number of anilines is 1. The molecular formula is C22H25N3O3S2. The SMILES string of the molecule is CCOc1ccccc1NC(=O)CSc1nc2sc3c(c2c(=O)n1C)CCC(C)C3. The number of amides is 1. The highest BCUT2D eigenvalue weighted by Crippen LogP contribution is 2.36. The second kappa shape index (κ2) is 8.81. The summed E-state index contributed by atoms with van der Waals surface area (Å²) in [5.41, 5.74) is 1.81. The number of carbonyl (C=O) groups is 1. The van der Waals surface area contributed by atoms with Gasteiger partial charge in [0.1, 0.15) is 10.6 Å². The summed E-state index contributed by atoms with van der Waals surface area (Å²) >= 11 is 2.90. The molecule has 4 rings (SSSR count). The molecule has 158 valence electrons. The number of thioether (sulfide) groups is 1. The zero-order valence-corrected chi connectivity index (χ0v) is 19.0. The smallest absolute Gasteiger partial charge is 0.262 e. The fourth-order valence-corrected chi connectivity index (χ4v) is 5.94. The summed E-state index contributed by atoms with van der Waals surface area (Å²) in [7, 11) is 1.73. The molecule has 2 aromatic heterocycles. The number of carbonyl (C=O) groups excluding carboxylic acids is 1. The molecule has 1 N–H and O–H groups in total. The first-order valence-electron chi connectivity index (χ1n) is 10.1. The minimum Gasteiger partial charge on any atom is -0.492 e. The Morgan fingerprint density at radius 1 is 1.40 bits per heavy atom. The quantitative estimate of drug-likeness (QED) is 0.455. The van der Waals surface area contributed by atoms with Gasteiger partial charge in [-0.15, -0.1) is 11.3 Å². The number of hydrogen-bond donors (Lipinski definition) is 1. The van der Waals surface area contributed by atoms with Crippen LogP contribution in [0.3, 0.4) is 0 Å². The molecule has 0 bridgehead atoms. The molecule has 1 amide bonds. The van der Waals surface area contributed by atoms with Crippen LogP contribution in [0.4, 0.5) is 5.69 Å². The van der Waals surface area contributed by atoms with Gasteiger partial charge in [0.05, 0.1) is 23.4 Å². The summed E-state index contributed by atoms with van der Waals surface area (Å²) in [5, 5.41) is 4.21. The number of hydrogen-bond acceptors (Lipinski definition) is 6. The second-order valence-corrected chi connectivity index (χ2v) is 9.58. The predicted molar refractivity (Wildman–Crippen MR) is 123 cm³/mol. The van der Waals surface area contributed by atoms with Crippen LogP contribution in [0.1, 0.15) is 30.7 Å². The maximum Gasteiger partial charge on any atom is 0.262 e. The summed E-state index contributed by atoms with van der Waals surface area (Å²) in [6.45, 7) is 4.68. The lowest BCUT2D eigenvalue weighted by atomic mass is 9.89. The Bertz CT molecular complexity index is 1150. The standard InChI is InChI=1S/C22H25N3O3S2/c1-4-28-16-8-6-5-7-15(16)23-18(26)12-29-22-24-20-19(21(27)25(22)3)14-10-9-13(2)11-17(14)30-20/h5-8,13H,4,9-12H2,1-3H3,(H,23,26). The molecule has 0 fully saturated rings. The van der Waals surface area contributed by atoms with E-state index in [1.165, 1.54) is 22.2 Å². The number of nitrogens with one attached hydrogen (secondary N) is 1. The summed E-state index contributed by atoms with van der Waals surface area (Å²) in [5.74, 6) is 1.28. The van der Waals surface area contributed by atoms with Gasteiger partial charge in [-0.3, -0.25) is 14.2 Å². The van der Waals surface area contributed by atoms with Crippen molar-refractivity contribution < 1.29 is 9.53 Å². The molecule has 0 radical (unpaired) electrons. The molecule has 0 spiro atoms. The molecule has 0 saturated heterocycles. The van der Waals surface area contributed by atoms with Gasteiger partial charge in [-0.1, -0.05) is 30.8 Å². The predicted octanol–water partition coefficient (Wildman–Crippen LogP) is 4.25. The van der Waals surface area contributed by atoms with Gasteiger partial charge in [-0.2, -0.15) is 0 Å². The highest BCUT2D eigenvalue weighted by atomic mass is 32.2. The number of aromatic nitrogens is 2. The van der Waals surface area contributed by atoms with Gasteiger partial charge < -0.3 is 10.1 Å². The molecule has 3 aromatic rings. The Morgan fingerprint density at radius 3 is 3.00 bits per heavy atom. The zero-order valence-electron chi connectivity index (χ0n) is 17.4. The summed E-state index contributed by atoms with van der Waals surface area (Å²) in [6, 6.07) is 7.35. The molecule has 0 saturated carbocycles. The number of ether oxygens (including phenoxy) is 1. The fraction of sp³-hybridized carbons (Fsp3) is 0.409. The van der Waals surface area contributed by atoms with Crippen molar-refractivity contribution in [2.75, 3.05) is 17.7 Å². The maximum atomic E-state index is 13.0. The Labute approximate surface area is 183 Å². The number of fused-ring (bicyclic) bond motifs is 3. The Balaban J connectivity index is 1.53. The van der Waals surface area contributed by atoms with Crippen molar-refractivity contribution >= 4 is 44.9 Å². The van der Waals surface area contributed by atoms with E-state index < -0.39 is 0 Å². The van der Waals surface area contributed by atoms with Crippen molar-refractivity contribution in [3.63, 3.8) is 0 Å². The second-order valence-electron chi connectivity index (χ2n) is 7.56. The average molecular weight is 444 g/mol. The van der Waals surface area contributed by atoms with E-state index in [1.54, 1.807) is 23.0 Å². The number of aryl methyl sites for hydroxylation is 1. The van der Waals surface area contributed by atoms with Crippen LogP contribution in [0.15, 0.2) is 34.2 Å². The Morgan fingerprint density at radius 2 is 2.20 bits per heavy atom. The first-order valence-corrected chi connectivity index (χ1v) is 11.9. The molecule has 1 aliphatic rings. The molecule has 2 heterocycles. The number of nitrogens with zero attached hydrogens (tertiary/aromatic N) is 2. The van der Waals surface area contributed by atoms with Crippen molar-refractivity contribution in [2.24, 2.45) is 13.0 Å². The van der Waals surface area contributed by atoms with Crippen LogP contribution >= 0.6 is 23.1 Å². The monoisotopic (exact) mass is 443 g/mol. The third-order valence-electron chi connectivity index (χ3n) is 5.29.